The normalized spacial score (nSPS) is 15.9. The second-order valence-corrected chi connectivity index (χ2v) is 9.39. The fraction of sp³-hybridized carbons (Fsp3) is 0.450. The molecule has 0 N–H and O–H groups in total. The number of halogens is 3. The molecule has 0 unspecified atom stereocenters. The maximum absolute atomic E-state index is 13.2. The number of rotatable bonds is 5. The van der Waals surface area contributed by atoms with E-state index in [-0.39, 0.29) is 22.7 Å². The summed E-state index contributed by atoms with van der Waals surface area (Å²) in [6.07, 6.45) is -0.594. The maximum Gasteiger partial charge on any atom is 0.416 e. The van der Waals surface area contributed by atoms with Crippen LogP contribution in [-0.4, -0.2) is 48.2 Å². The molecule has 0 atom stereocenters. The minimum Gasteiger partial charge on any atom is -0.345 e. The summed E-state index contributed by atoms with van der Waals surface area (Å²) in [6.45, 7) is 0.622. The van der Waals surface area contributed by atoms with Crippen LogP contribution in [0.15, 0.2) is 41.4 Å². The van der Waals surface area contributed by atoms with E-state index in [4.69, 9.17) is 0 Å². The van der Waals surface area contributed by atoms with Crippen molar-refractivity contribution in [3.05, 3.63) is 53.3 Å². The quantitative estimate of drug-likeness (QED) is 0.711. The zero-order valence-electron chi connectivity index (χ0n) is 16.8. The van der Waals surface area contributed by atoms with Crippen molar-refractivity contribution in [1.82, 2.24) is 13.8 Å². The molecule has 2 aromatic rings. The highest BCUT2D eigenvalue weighted by atomic mass is 32.2. The lowest BCUT2D eigenvalue weighted by Gasteiger charge is -2.25. The minimum absolute atomic E-state index is 0.0133. The second kappa shape index (κ2) is 8.43. The van der Waals surface area contributed by atoms with Gasteiger partial charge in [-0.1, -0.05) is 24.6 Å². The third-order valence-electron chi connectivity index (χ3n) is 5.23. The predicted molar refractivity (Wildman–Crippen MR) is 105 cm³/mol. The number of hydrogen-bond donors (Lipinski definition) is 0. The molecule has 0 spiro atoms. The number of aryl methyl sites for hydroxylation is 1. The fourth-order valence-corrected chi connectivity index (χ4v) is 5.19. The summed E-state index contributed by atoms with van der Waals surface area (Å²) in [7, 11) is -0.783. The van der Waals surface area contributed by atoms with Crippen LogP contribution in [0.3, 0.4) is 0 Å². The van der Waals surface area contributed by atoms with E-state index in [1.54, 1.807) is 7.05 Å². The summed E-state index contributed by atoms with van der Waals surface area (Å²) < 4.78 is 68.2. The van der Waals surface area contributed by atoms with Crippen molar-refractivity contribution in [3.8, 4) is 0 Å². The number of aromatic nitrogens is 1. The first kappa shape index (κ1) is 22.4. The number of carbonyl (C=O) groups excluding carboxylic acids is 1. The lowest BCUT2D eigenvalue weighted by atomic mass is 10.1. The highest BCUT2D eigenvalue weighted by Crippen LogP contribution is 2.32. The second-order valence-electron chi connectivity index (χ2n) is 7.45. The summed E-state index contributed by atoms with van der Waals surface area (Å²) in [4.78, 5) is 14.0. The molecule has 1 amide bonds. The van der Waals surface area contributed by atoms with Crippen molar-refractivity contribution < 1.29 is 26.4 Å². The van der Waals surface area contributed by atoms with Gasteiger partial charge >= 0.3 is 6.18 Å². The van der Waals surface area contributed by atoms with E-state index in [0.29, 0.717) is 13.1 Å². The van der Waals surface area contributed by atoms with Crippen LogP contribution >= 0.6 is 0 Å². The third-order valence-corrected chi connectivity index (χ3v) is 7.09. The van der Waals surface area contributed by atoms with Crippen LogP contribution < -0.4 is 0 Å². The third kappa shape index (κ3) is 4.54. The molecule has 0 bridgehead atoms. The van der Waals surface area contributed by atoms with Crippen LogP contribution in [-0.2, 0) is 29.8 Å². The number of piperidine rings is 1. The van der Waals surface area contributed by atoms with E-state index < -0.39 is 27.7 Å². The molecule has 1 saturated heterocycles. The zero-order chi connectivity index (χ0) is 22.1. The Morgan fingerprint density at radius 3 is 2.40 bits per heavy atom. The molecule has 1 aliphatic rings. The van der Waals surface area contributed by atoms with Gasteiger partial charge < -0.3 is 9.47 Å². The molecule has 6 nitrogen and oxygen atoms in total. The maximum atomic E-state index is 13.2. The number of nitrogens with zero attached hydrogens (tertiary/aromatic N) is 3. The first-order valence-electron chi connectivity index (χ1n) is 9.59. The molecule has 3 rings (SSSR count). The number of alkyl halides is 3. The summed E-state index contributed by atoms with van der Waals surface area (Å²) in [5, 5.41) is 0. The number of benzene rings is 1. The Bertz CT molecular complexity index is 1030. The van der Waals surface area contributed by atoms with Gasteiger partial charge in [-0.25, -0.2) is 8.42 Å². The number of hydrogen-bond acceptors (Lipinski definition) is 3. The Labute approximate surface area is 173 Å². The largest absolute Gasteiger partial charge is 0.416 e. The Kier molecular flexibility index (Phi) is 6.28. The van der Waals surface area contributed by atoms with Crippen LogP contribution in [0.25, 0.3) is 0 Å². The first-order valence-corrected chi connectivity index (χ1v) is 11.0. The van der Waals surface area contributed by atoms with Gasteiger partial charge in [-0.15, -0.1) is 0 Å². The Morgan fingerprint density at radius 1 is 1.13 bits per heavy atom. The molecule has 1 aromatic carbocycles. The van der Waals surface area contributed by atoms with Gasteiger partial charge in [-0.05, 0) is 30.5 Å². The molecule has 1 aliphatic heterocycles. The van der Waals surface area contributed by atoms with Gasteiger partial charge in [0, 0.05) is 39.9 Å². The van der Waals surface area contributed by atoms with Crippen molar-refractivity contribution in [1.29, 1.82) is 0 Å². The van der Waals surface area contributed by atoms with E-state index in [9.17, 15) is 26.4 Å². The van der Waals surface area contributed by atoms with E-state index >= 15 is 0 Å². The highest BCUT2D eigenvalue weighted by Gasteiger charge is 2.34. The minimum atomic E-state index is -4.53. The Balaban J connectivity index is 1.83. The molecule has 2 heterocycles. The standard InChI is InChI=1S/C20H24F3N3O3S/c1-24-14-16(30(28,29)26-10-6-3-7-11-26)12-18(24)19(27)25(2)13-15-8-4-5-9-17(15)20(21,22)23/h4-5,8-9,12,14H,3,6-7,10-11,13H2,1-2H3. The van der Waals surface area contributed by atoms with Crippen LogP contribution in [0.2, 0.25) is 0 Å². The summed E-state index contributed by atoms with van der Waals surface area (Å²) in [6, 6.07) is 6.36. The van der Waals surface area contributed by atoms with Crippen molar-refractivity contribution in [3.63, 3.8) is 0 Å². The van der Waals surface area contributed by atoms with Crippen molar-refractivity contribution in [2.45, 2.75) is 36.9 Å². The molecule has 0 aliphatic carbocycles. The van der Waals surface area contributed by atoms with E-state index in [1.807, 2.05) is 0 Å². The molecular formula is C20H24F3N3O3S. The molecule has 1 aromatic heterocycles. The lowest BCUT2D eigenvalue weighted by Crippen LogP contribution is -2.35. The van der Waals surface area contributed by atoms with Gasteiger partial charge in [0.15, 0.2) is 0 Å². The van der Waals surface area contributed by atoms with Gasteiger partial charge in [-0.2, -0.15) is 17.5 Å². The molecule has 10 heteroatoms. The number of sulfonamides is 1. The topological polar surface area (TPSA) is 62.6 Å². The van der Waals surface area contributed by atoms with Crippen LogP contribution in [0.1, 0.15) is 40.9 Å². The molecule has 30 heavy (non-hydrogen) atoms. The molecule has 164 valence electrons. The molecular weight excluding hydrogens is 419 g/mol. The smallest absolute Gasteiger partial charge is 0.345 e. The Hall–Kier alpha value is -2.33. The monoisotopic (exact) mass is 443 g/mol. The molecule has 0 radical (unpaired) electrons. The van der Waals surface area contributed by atoms with Crippen LogP contribution in [0, 0.1) is 0 Å². The van der Waals surface area contributed by atoms with Crippen LogP contribution in [0.4, 0.5) is 13.2 Å². The Morgan fingerprint density at radius 2 is 1.77 bits per heavy atom. The molecule has 0 saturated carbocycles. The fourth-order valence-electron chi connectivity index (χ4n) is 3.60. The van der Waals surface area contributed by atoms with E-state index in [1.165, 1.54) is 46.4 Å². The predicted octanol–water partition coefficient (Wildman–Crippen LogP) is 3.49. The van der Waals surface area contributed by atoms with Crippen LogP contribution in [0.5, 0.6) is 0 Å². The summed E-state index contributed by atoms with van der Waals surface area (Å²) >= 11 is 0. The van der Waals surface area contributed by atoms with E-state index in [0.717, 1.165) is 30.2 Å². The van der Waals surface area contributed by atoms with Crippen molar-refractivity contribution in [2.75, 3.05) is 20.1 Å². The van der Waals surface area contributed by atoms with Gasteiger partial charge in [-0.3, -0.25) is 4.79 Å². The average Bonchev–Trinajstić information content (AvgIpc) is 3.10. The van der Waals surface area contributed by atoms with E-state index in [2.05, 4.69) is 0 Å². The summed E-state index contributed by atoms with van der Waals surface area (Å²) in [5.41, 5.74) is -0.737. The van der Waals surface area contributed by atoms with Crippen molar-refractivity contribution in [2.24, 2.45) is 7.05 Å². The van der Waals surface area contributed by atoms with Gasteiger partial charge in [0.1, 0.15) is 10.6 Å². The SMILES string of the molecule is CN(Cc1ccccc1C(F)(F)F)C(=O)c1cc(S(=O)(=O)N2CCCCC2)cn1C. The average molecular weight is 443 g/mol. The number of carbonyl (C=O) groups is 1. The van der Waals surface area contributed by atoms with Gasteiger partial charge in [0.05, 0.1) is 5.56 Å². The van der Waals surface area contributed by atoms with Gasteiger partial charge in [0.2, 0.25) is 10.0 Å². The first-order chi connectivity index (χ1) is 14.0. The number of amides is 1. The highest BCUT2D eigenvalue weighted by molar-refractivity contribution is 7.89. The zero-order valence-corrected chi connectivity index (χ0v) is 17.6. The van der Waals surface area contributed by atoms with Gasteiger partial charge in [0.25, 0.3) is 5.91 Å². The molecule has 1 fully saturated rings. The van der Waals surface area contributed by atoms with Crippen molar-refractivity contribution >= 4 is 15.9 Å². The summed E-state index contributed by atoms with van der Waals surface area (Å²) in [5.74, 6) is -0.561. The lowest BCUT2D eigenvalue weighted by molar-refractivity contribution is -0.138.